The molecule has 2 N–H and O–H groups in total. The van der Waals surface area contributed by atoms with Gasteiger partial charge in [-0.25, -0.2) is 4.98 Å². The van der Waals surface area contributed by atoms with E-state index in [1.165, 1.54) is 12.3 Å². The van der Waals surface area contributed by atoms with Crippen molar-refractivity contribution in [3.05, 3.63) is 24.0 Å². The Morgan fingerprint density at radius 2 is 2.33 bits per heavy atom. The second-order valence-corrected chi connectivity index (χ2v) is 4.45. The van der Waals surface area contributed by atoms with Gasteiger partial charge in [-0.05, 0) is 24.5 Å². The maximum Gasteiger partial charge on any atom is 0.273 e. The summed E-state index contributed by atoms with van der Waals surface area (Å²) in [5.74, 6) is 0.0491. The van der Waals surface area contributed by atoms with Crippen LogP contribution >= 0.6 is 0 Å². The molecule has 100 valence electrons. The molecule has 1 aromatic rings. The van der Waals surface area contributed by atoms with Crippen molar-refractivity contribution >= 4 is 5.91 Å². The first-order valence-electron chi connectivity index (χ1n) is 6.11. The van der Waals surface area contributed by atoms with Crippen molar-refractivity contribution in [3.63, 3.8) is 0 Å². The molecule has 0 spiro atoms. The molecule has 5 nitrogen and oxygen atoms in total. The van der Waals surface area contributed by atoms with Crippen LogP contribution in [0, 0.1) is 5.92 Å². The van der Waals surface area contributed by atoms with Gasteiger partial charge < -0.3 is 15.2 Å². The van der Waals surface area contributed by atoms with Gasteiger partial charge in [0.25, 0.3) is 5.91 Å². The second-order valence-electron chi connectivity index (χ2n) is 4.45. The fourth-order valence-corrected chi connectivity index (χ4v) is 1.35. The van der Waals surface area contributed by atoms with Gasteiger partial charge in [-0.2, -0.15) is 0 Å². The van der Waals surface area contributed by atoms with Crippen LogP contribution in [0.3, 0.4) is 0 Å². The number of carbonyl (C=O) groups excluding carboxylic acids is 1. The van der Waals surface area contributed by atoms with Crippen molar-refractivity contribution in [2.75, 3.05) is 19.8 Å². The zero-order chi connectivity index (χ0) is 13.4. The lowest BCUT2D eigenvalue weighted by molar-refractivity contribution is 0.0918. The van der Waals surface area contributed by atoms with Gasteiger partial charge in [0.1, 0.15) is 5.75 Å². The van der Waals surface area contributed by atoms with E-state index in [-0.39, 0.29) is 17.4 Å². The third-order valence-corrected chi connectivity index (χ3v) is 2.20. The fourth-order valence-electron chi connectivity index (χ4n) is 1.35. The summed E-state index contributed by atoms with van der Waals surface area (Å²) < 4.78 is 5.39. The number of nitrogens with zero attached hydrogens (tertiary/aromatic N) is 1. The summed E-state index contributed by atoms with van der Waals surface area (Å²) in [7, 11) is 0. The molecular weight excluding hydrogens is 232 g/mol. The van der Waals surface area contributed by atoms with Crippen molar-refractivity contribution in [2.24, 2.45) is 5.92 Å². The Balaban J connectivity index is 2.20. The summed E-state index contributed by atoms with van der Waals surface area (Å²) in [5, 5.41) is 12.1. The minimum absolute atomic E-state index is 0.0561. The van der Waals surface area contributed by atoms with E-state index in [9.17, 15) is 9.90 Å². The van der Waals surface area contributed by atoms with Gasteiger partial charge >= 0.3 is 0 Å². The minimum Gasteiger partial charge on any atom is -0.505 e. The molecule has 1 amide bonds. The molecule has 0 aliphatic rings. The number of aromatic nitrogens is 1. The van der Waals surface area contributed by atoms with E-state index < -0.39 is 0 Å². The van der Waals surface area contributed by atoms with Crippen LogP contribution in [0.2, 0.25) is 0 Å². The van der Waals surface area contributed by atoms with E-state index in [2.05, 4.69) is 24.1 Å². The maximum absolute atomic E-state index is 11.6. The summed E-state index contributed by atoms with van der Waals surface area (Å²) in [4.78, 5) is 15.5. The summed E-state index contributed by atoms with van der Waals surface area (Å²) in [6.07, 6.45) is 2.21. The van der Waals surface area contributed by atoms with Crippen LogP contribution < -0.4 is 5.32 Å². The van der Waals surface area contributed by atoms with Crippen LogP contribution in [-0.4, -0.2) is 35.8 Å². The van der Waals surface area contributed by atoms with E-state index >= 15 is 0 Å². The molecule has 0 unspecified atom stereocenters. The monoisotopic (exact) mass is 252 g/mol. The third-order valence-electron chi connectivity index (χ3n) is 2.20. The SMILES string of the molecule is CC(C)COCCCNC(=O)c1ncccc1O. The highest BCUT2D eigenvalue weighted by Gasteiger charge is 2.10. The average molecular weight is 252 g/mol. The topological polar surface area (TPSA) is 71.5 Å². The number of nitrogens with one attached hydrogen (secondary N) is 1. The summed E-state index contributed by atoms with van der Waals surface area (Å²) in [6, 6.07) is 3.01. The largest absolute Gasteiger partial charge is 0.505 e. The first kappa shape index (κ1) is 14.4. The van der Waals surface area contributed by atoms with Crippen LogP contribution in [0.1, 0.15) is 30.8 Å². The van der Waals surface area contributed by atoms with Crippen LogP contribution in [0.4, 0.5) is 0 Å². The number of hydrogen-bond acceptors (Lipinski definition) is 4. The molecule has 1 aromatic heterocycles. The summed E-state index contributed by atoms with van der Waals surface area (Å²) >= 11 is 0. The van der Waals surface area contributed by atoms with Gasteiger partial charge in [-0.3, -0.25) is 4.79 Å². The van der Waals surface area contributed by atoms with Gasteiger partial charge in [0, 0.05) is 26.0 Å². The van der Waals surface area contributed by atoms with Gasteiger partial charge in [-0.15, -0.1) is 0 Å². The molecule has 5 heteroatoms. The molecular formula is C13H20N2O3. The molecule has 0 aliphatic carbocycles. The van der Waals surface area contributed by atoms with Crippen molar-refractivity contribution in [1.29, 1.82) is 0 Å². The lowest BCUT2D eigenvalue weighted by Crippen LogP contribution is -2.26. The number of hydrogen-bond donors (Lipinski definition) is 2. The molecule has 0 fully saturated rings. The number of pyridine rings is 1. The Labute approximate surface area is 107 Å². The Hall–Kier alpha value is -1.62. The van der Waals surface area contributed by atoms with Crippen LogP contribution in [0.25, 0.3) is 0 Å². The predicted molar refractivity (Wildman–Crippen MR) is 68.5 cm³/mol. The molecule has 0 bridgehead atoms. The zero-order valence-corrected chi connectivity index (χ0v) is 10.8. The van der Waals surface area contributed by atoms with Gasteiger partial charge in [0.05, 0.1) is 0 Å². The van der Waals surface area contributed by atoms with Gasteiger partial charge in [0.15, 0.2) is 5.69 Å². The number of aromatic hydroxyl groups is 1. The van der Waals surface area contributed by atoms with E-state index in [1.807, 2.05) is 0 Å². The Kier molecular flexibility index (Phi) is 6.14. The lowest BCUT2D eigenvalue weighted by atomic mass is 10.2. The Morgan fingerprint density at radius 3 is 3.00 bits per heavy atom. The second kappa shape index (κ2) is 7.66. The third kappa shape index (κ3) is 5.14. The summed E-state index contributed by atoms with van der Waals surface area (Å²) in [5.41, 5.74) is 0.0561. The standard InChI is InChI=1S/C13H20N2O3/c1-10(2)9-18-8-4-7-15-13(17)12-11(16)5-3-6-14-12/h3,5-6,10,16H,4,7-9H2,1-2H3,(H,15,17). The highest BCUT2D eigenvalue weighted by Crippen LogP contribution is 2.11. The zero-order valence-electron chi connectivity index (χ0n) is 10.8. The minimum atomic E-state index is -0.364. The summed E-state index contributed by atoms with van der Waals surface area (Å²) in [6.45, 7) is 6.03. The highest BCUT2D eigenvalue weighted by atomic mass is 16.5. The Bertz CT molecular complexity index is 380. The van der Waals surface area contributed by atoms with Gasteiger partial charge in [0.2, 0.25) is 0 Å². The highest BCUT2D eigenvalue weighted by molar-refractivity contribution is 5.94. The van der Waals surface area contributed by atoms with Crippen LogP contribution in [0.5, 0.6) is 5.75 Å². The normalized spacial score (nSPS) is 10.6. The smallest absolute Gasteiger partial charge is 0.273 e. The van der Waals surface area contributed by atoms with Crippen molar-refractivity contribution in [1.82, 2.24) is 10.3 Å². The van der Waals surface area contributed by atoms with Crippen LogP contribution in [0.15, 0.2) is 18.3 Å². The van der Waals surface area contributed by atoms with Crippen molar-refractivity contribution < 1.29 is 14.6 Å². The first-order valence-corrected chi connectivity index (χ1v) is 6.11. The number of ether oxygens (including phenoxy) is 1. The van der Waals surface area contributed by atoms with Crippen LogP contribution in [-0.2, 0) is 4.74 Å². The lowest BCUT2D eigenvalue weighted by Gasteiger charge is -2.08. The molecule has 0 atom stereocenters. The molecule has 0 aromatic carbocycles. The van der Waals surface area contributed by atoms with E-state index in [0.29, 0.717) is 19.1 Å². The van der Waals surface area contributed by atoms with E-state index in [1.54, 1.807) is 6.07 Å². The quantitative estimate of drug-likeness (QED) is 0.723. The molecule has 0 saturated carbocycles. The molecule has 1 heterocycles. The molecule has 0 aliphatic heterocycles. The predicted octanol–water partition coefficient (Wildman–Crippen LogP) is 1.58. The molecule has 18 heavy (non-hydrogen) atoms. The van der Waals surface area contributed by atoms with Gasteiger partial charge in [-0.1, -0.05) is 13.8 Å². The number of amides is 1. The maximum atomic E-state index is 11.6. The molecule has 1 rings (SSSR count). The number of carbonyl (C=O) groups is 1. The van der Waals surface area contributed by atoms with E-state index in [0.717, 1.165) is 13.0 Å². The van der Waals surface area contributed by atoms with Crippen molar-refractivity contribution in [2.45, 2.75) is 20.3 Å². The molecule has 0 radical (unpaired) electrons. The van der Waals surface area contributed by atoms with E-state index in [4.69, 9.17) is 4.74 Å². The molecule has 0 saturated heterocycles. The number of rotatable bonds is 7. The fraction of sp³-hybridized carbons (Fsp3) is 0.538. The Morgan fingerprint density at radius 1 is 1.56 bits per heavy atom. The first-order chi connectivity index (χ1) is 8.61. The van der Waals surface area contributed by atoms with Crippen molar-refractivity contribution in [3.8, 4) is 5.75 Å². The average Bonchev–Trinajstić information content (AvgIpc) is 2.33.